The maximum absolute atomic E-state index is 13.7. The van der Waals surface area contributed by atoms with Gasteiger partial charge in [0, 0.05) is 24.9 Å². The highest BCUT2D eigenvalue weighted by molar-refractivity contribution is 7.09. The molecule has 9 nitrogen and oxygen atoms in total. The fourth-order valence-corrected chi connectivity index (χ4v) is 5.34. The lowest BCUT2D eigenvalue weighted by molar-refractivity contribution is -0.142. The Labute approximate surface area is 212 Å². The number of likely N-dealkylation sites (tertiary alicyclic amines) is 1. The van der Waals surface area contributed by atoms with Gasteiger partial charge in [0.1, 0.15) is 17.2 Å². The Morgan fingerprint density at radius 2 is 1.83 bits per heavy atom. The van der Waals surface area contributed by atoms with Crippen LogP contribution in [0, 0.1) is 11.8 Å². The summed E-state index contributed by atoms with van der Waals surface area (Å²) >= 11 is 1.09. The van der Waals surface area contributed by atoms with Crippen LogP contribution in [0.1, 0.15) is 88.8 Å². The van der Waals surface area contributed by atoms with Gasteiger partial charge in [-0.2, -0.15) is 0 Å². The number of amides is 2. The first kappa shape index (κ1) is 29.2. The van der Waals surface area contributed by atoms with Crippen molar-refractivity contribution in [3.8, 4) is 0 Å². The van der Waals surface area contributed by atoms with Crippen molar-refractivity contribution in [1.82, 2.24) is 20.1 Å². The second-order valence-electron chi connectivity index (χ2n) is 10.5. The zero-order chi connectivity index (χ0) is 26.5. The molecular weight excluding hydrogens is 468 g/mol. The average molecular weight is 511 g/mol. The standard InChI is InChI=1S/C25H42N4O5S/c1-8-16(4)20(27-24(34)25(5,6)29-11-9-10-12-29)22(31)28(7)18(15(2)3)13-19(30)21-26-17(14-35-21)23(32)33/h14-16,18-20,30H,8-13H2,1-7H3,(H,27,34)(H,32,33)/t16-,18+,19+,20-/m0/s1. The molecule has 2 rings (SSSR count). The van der Waals surface area contributed by atoms with E-state index in [2.05, 4.69) is 15.2 Å². The number of aromatic carboxylic acids is 1. The fraction of sp³-hybridized carbons (Fsp3) is 0.760. The summed E-state index contributed by atoms with van der Waals surface area (Å²) in [6, 6.07) is -1.01. The highest BCUT2D eigenvalue weighted by atomic mass is 32.1. The van der Waals surface area contributed by atoms with Crippen molar-refractivity contribution in [2.75, 3.05) is 20.1 Å². The lowest BCUT2D eigenvalue weighted by Gasteiger charge is -2.39. The lowest BCUT2D eigenvalue weighted by Crippen LogP contribution is -2.60. The molecule has 2 amide bonds. The summed E-state index contributed by atoms with van der Waals surface area (Å²) in [5.74, 6) is -1.54. The van der Waals surface area contributed by atoms with Crippen molar-refractivity contribution in [2.45, 2.75) is 91.0 Å². The van der Waals surface area contributed by atoms with Crippen LogP contribution in [0.15, 0.2) is 5.38 Å². The summed E-state index contributed by atoms with van der Waals surface area (Å²) in [7, 11) is 1.71. The van der Waals surface area contributed by atoms with E-state index in [0.717, 1.165) is 43.7 Å². The molecule has 0 bridgehead atoms. The van der Waals surface area contributed by atoms with Gasteiger partial charge in [0.15, 0.2) is 5.69 Å². The van der Waals surface area contributed by atoms with E-state index in [0.29, 0.717) is 5.01 Å². The van der Waals surface area contributed by atoms with Crippen LogP contribution in [0.5, 0.6) is 0 Å². The molecule has 0 aromatic carbocycles. The second kappa shape index (κ2) is 12.3. The first-order valence-corrected chi connectivity index (χ1v) is 13.4. The van der Waals surface area contributed by atoms with Crippen molar-refractivity contribution >= 4 is 29.1 Å². The number of nitrogens with one attached hydrogen (secondary N) is 1. The summed E-state index contributed by atoms with van der Waals surface area (Å²) < 4.78 is 0. The normalized spacial score (nSPS) is 18.2. The molecule has 1 fully saturated rings. The van der Waals surface area contributed by atoms with E-state index < -0.39 is 23.7 Å². The Morgan fingerprint density at radius 1 is 1.23 bits per heavy atom. The summed E-state index contributed by atoms with van der Waals surface area (Å²) in [5.41, 5.74) is -0.809. The predicted molar refractivity (Wildman–Crippen MR) is 136 cm³/mol. The van der Waals surface area contributed by atoms with Crippen molar-refractivity contribution in [3.63, 3.8) is 0 Å². The molecule has 0 unspecified atom stereocenters. The van der Waals surface area contributed by atoms with Crippen molar-refractivity contribution in [1.29, 1.82) is 0 Å². The molecule has 1 aromatic rings. The third-order valence-electron chi connectivity index (χ3n) is 7.32. The molecule has 0 spiro atoms. The molecule has 0 radical (unpaired) electrons. The first-order valence-electron chi connectivity index (χ1n) is 12.5. The first-order chi connectivity index (χ1) is 16.3. The van der Waals surface area contributed by atoms with Gasteiger partial charge in [-0.05, 0) is 51.6 Å². The third-order valence-corrected chi connectivity index (χ3v) is 8.27. The topological polar surface area (TPSA) is 123 Å². The highest BCUT2D eigenvalue weighted by Crippen LogP contribution is 2.28. The maximum Gasteiger partial charge on any atom is 0.355 e. The van der Waals surface area contributed by atoms with E-state index >= 15 is 0 Å². The number of aliphatic hydroxyl groups excluding tert-OH is 1. The van der Waals surface area contributed by atoms with Gasteiger partial charge in [-0.3, -0.25) is 14.5 Å². The van der Waals surface area contributed by atoms with Gasteiger partial charge in [-0.15, -0.1) is 11.3 Å². The molecule has 2 heterocycles. The van der Waals surface area contributed by atoms with Gasteiger partial charge in [0.2, 0.25) is 11.8 Å². The van der Waals surface area contributed by atoms with Crippen LogP contribution in [0.2, 0.25) is 0 Å². The largest absolute Gasteiger partial charge is 0.476 e. The van der Waals surface area contributed by atoms with Gasteiger partial charge < -0.3 is 20.4 Å². The Morgan fingerprint density at radius 3 is 2.31 bits per heavy atom. The molecule has 4 atom stereocenters. The zero-order valence-electron chi connectivity index (χ0n) is 22.1. The van der Waals surface area contributed by atoms with Crippen molar-refractivity contribution in [2.24, 2.45) is 11.8 Å². The molecule has 0 saturated carbocycles. The Hall–Kier alpha value is -2.04. The van der Waals surface area contributed by atoms with Crippen LogP contribution in [-0.2, 0) is 9.59 Å². The van der Waals surface area contributed by atoms with Crippen molar-refractivity contribution < 1.29 is 24.6 Å². The monoisotopic (exact) mass is 510 g/mol. The van der Waals surface area contributed by atoms with Gasteiger partial charge in [-0.25, -0.2) is 9.78 Å². The van der Waals surface area contributed by atoms with Crippen LogP contribution in [0.25, 0.3) is 0 Å². The summed E-state index contributed by atoms with van der Waals surface area (Å²) in [6.45, 7) is 13.4. The number of carboxylic acids is 1. The van der Waals surface area contributed by atoms with Crippen LogP contribution >= 0.6 is 11.3 Å². The SMILES string of the molecule is CC[C@H](C)[C@H](NC(=O)C(C)(C)N1CCCC1)C(=O)N(C)[C@H](C[C@@H](O)c1nc(C(=O)O)cs1)C(C)C. The van der Waals surface area contributed by atoms with Gasteiger partial charge >= 0.3 is 5.97 Å². The van der Waals surface area contributed by atoms with Crippen LogP contribution in [0.3, 0.4) is 0 Å². The van der Waals surface area contributed by atoms with E-state index in [4.69, 9.17) is 5.11 Å². The molecular formula is C25H42N4O5S. The molecule has 3 N–H and O–H groups in total. The van der Waals surface area contributed by atoms with E-state index in [1.807, 2.05) is 41.5 Å². The smallest absolute Gasteiger partial charge is 0.355 e. The van der Waals surface area contributed by atoms with Crippen LogP contribution < -0.4 is 5.32 Å². The number of carboxylic acid groups (broad SMARTS) is 1. The van der Waals surface area contributed by atoms with Gasteiger partial charge in [-0.1, -0.05) is 34.1 Å². The molecule has 35 heavy (non-hydrogen) atoms. The molecule has 1 aliphatic rings. The van der Waals surface area contributed by atoms with E-state index in [9.17, 15) is 19.5 Å². The molecule has 1 aliphatic heterocycles. The number of likely N-dealkylation sites (N-methyl/N-ethyl adjacent to an activating group) is 1. The summed E-state index contributed by atoms with van der Waals surface area (Å²) in [5, 5.41) is 24.7. The average Bonchev–Trinajstić information content (AvgIpc) is 3.51. The summed E-state index contributed by atoms with van der Waals surface area (Å²) in [6.07, 6.45) is 2.08. The van der Waals surface area contributed by atoms with Crippen LogP contribution in [0.4, 0.5) is 0 Å². The highest BCUT2D eigenvalue weighted by Gasteiger charge is 2.40. The molecule has 1 aromatic heterocycles. The van der Waals surface area contributed by atoms with E-state index in [1.165, 1.54) is 5.38 Å². The van der Waals surface area contributed by atoms with E-state index in [1.54, 1.807) is 11.9 Å². The Kier molecular flexibility index (Phi) is 10.2. The minimum Gasteiger partial charge on any atom is -0.476 e. The van der Waals surface area contributed by atoms with Gasteiger partial charge in [0.25, 0.3) is 0 Å². The number of thiazole rings is 1. The van der Waals surface area contributed by atoms with Gasteiger partial charge in [0.05, 0.1) is 5.54 Å². The Balaban J connectivity index is 2.19. The molecule has 10 heteroatoms. The molecule has 198 valence electrons. The fourth-order valence-electron chi connectivity index (χ4n) is 4.55. The number of carbonyl (C=O) groups excluding carboxylic acids is 2. The number of carbonyl (C=O) groups is 3. The zero-order valence-corrected chi connectivity index (χ0v) is 22.9. The number of nitrogens with zero attached hydrogens (tertiary/aromatic N) is 3. The van der Waals surface area contributed by atoms with E-state index in [-0.39, 0.29) is 41.8 Å². The minimum absolute atomic E-state index is 0.0202. The summed E-state index contributed by atoms with van der Waals surface area (Å²) in [4.78, 5) is 46.0. The predicted octanol–water partition coefficient (Wildman–Crippen LogP) is 3.15. The number of aromatic nitrogens is 1. The lowest BCUT2D eigenvalue weighted by atomic mass is 9.92. The van der Waals surface area contributed by atoms with Crippen LogP contribution in [-0.4, -0.2) is 80.5 Å². The third kappa shape index (κ3) is 7.01. The maximum atomic E-state index is 13.7. The molecule has 0 aliphatic carbocycles. The second-order valence-corrected chi connectivity index (χ2v) is 11.4. The minimum atomic E-state index is -1.14. The quantitative estimate of drug-likeness (QED) is 0.395. The molecule has 1 saturated heterocycles. The number of aliphatic hydroxyl groups is 1. The number of hydrogen-bond acceptors (Lipinski definition) is 7. The number of hydrogen-bond donors (Lipinski definition) is 3. The number of rotatable bonds is 12. The van der Waals surface area contributed by atoms with Crippen molar-refractivity contribution in [3.05, 3.63) is 16.1 Å². The Bertz CT molecular complexity index is 881.